The summed E-state index contributed by atoms with van der Waals surface area (Å²) in [7, 11) is 0. The number of H-pyrrole nitrogens is 1. The summed E-state index contributed by atoms with van der Waals surface area (Å²) in [5.74, 6) is 0.451. The van der Waals surface area contributed by atoms with E-state index in [0.29, 0.717) is 10.8 Å². The van der Waals surface area contributed by atoms with Crippen LogP contribution in [0.3, 0.4) is 0 Å². The zero-order chi connectivity index (χ0) is 14.1. The predicted octanol–water partition coefficient (Wildman–Crippen LogP) is 4.58. The first kappa shape index (κ1) is 13.5. The number of rotatable bonds is 2. The molecule has 100 valence electrons. The van der Waals surface area contributed by atoms with Crippen molar-refractivity contribution in [3.63, 3.8) is 0 Å². The Hall–Kier alpha value is -1.53. The summed E-state index contributed by atoms with van der Waals surface area (Å²) in [6.45, 7) is 0. The number of aromatic amines is 1. The van der Waals surface area contributed by atoms with Gasteiger partial charge in [0.15, 0.2) is 5.82 Å². The van der Waals surface area contributed by atoms with E-state index in [0.717, 1.165) is 26.0 Å². The first-order valence-corrected chi connectivity index (χ1v) is 7.47. The molecule has 0 aliphatic rings. The molecule has 3 aromatic rings. The van der Waals surface area contributed by atoms with E-state index in [9.17, 15) is 0 Å². The molecule has 0 radical (unpaired) electrons. The molecule has 0 saturated carbocycles. The van der Waals surface area contributed by atoms with Gasteiger partial charge in [-0.1, -0.05) is 41.9 Å². The molecule has 1 heterocycles. The Morgan fingerprint density at radius 1 is 1.10 bits per heavy atom. The van der Waals surface area contributed by atoms with Crippen molar-refractivity contribution < 1.29 is 0 Å². The standard InChI is InChI=1S/C15H11ClIN3/c16-12-7-2-1-6-11(12)13-14(19-20-15(13)18)9-4-3-5-10(17)8-9/h1-8H,(H3,18,19,20). The van der Waals surface area contributed by atoms with Gasteiger partial charge in [0.05, 0.1) is 11.3 Å². The Kier molecular flexibility index (Phi) is 3.67. The van der Waals surface area contributed by atoms with Crippen molar-refractivity contribution in [2.75, 3.05) is 5.73 Å². The molecule has 5 heteroatoms. The van der Waals surface area contributed by atoms with Gasteiger partial charge in [-0.05, 0) is 40.8 Å². The third-order valence-corrected chi connectivity index (χ3v) is 4.05. The van der Waals surface area contributed by atoms with Gasteiger partial charge in [0, 0.05) is 19.7 Å². The van der Waals surface area contributed by atoms with Crippen LogP contribution in [0.4, 0.5) is 5.82 Å². The fourth-order valence-corrected chi connectivity index (χ4v) is 2.92. The number of hydrogen-bond acceptors (Lipinski definition) is 2. The molecule has 0 fully saturated rings. The maximum absolute atomic E-state index is 6.28. The molecular formula is C15H11ClIN3. The van der Waals surface area contributed by atoms with Gasteiger partial charge in [-0.15, -0.1) is 0 Å². The van der Waals surface area contributed by atoms with Gasteiger partial charge in [-0.2, -0.15) is 5.10 Å². The SMILES string of the molecule is Nc1n[nH]c(-c2cccc(I)c2)c1-c1ccccc1Cl. The minimum absolute atomic E-state index is 0.451. The maximum atomic E-state index is 6.28. The molecule has 0 atom stereocenters. The van der Waals surface area contributed by atoms with Crippen LogP contribution in [0.25, 0.3) is 22.4 Å². The lowest BCUT2D eigenvalue weighted by Crippen LogP contribution is -1.89. The Bertz CT molecular complexity index is 767. The largest absolute Gasteiger partial charge is 0.382 e. The molecule has 0 unspecified atom stereocenters. The van der Waals surface area contributed by atoms with Crippen LogP contribution in [0.2, 0.25) is 5.02 Å². The average Bonchev–Trinajstić information content (AvgIpc) is 2.81. The van der Waals surface area contributed by atoms with Crippen molar-refractivity contribution in [2.45, 2.75) is 0 Å². The molecule has 0 spiro atoms. The lowest BCUT2D eigenvalue weighted by molar-refractivity contribution is 1.10. The number of nitrogens with one attached hydrogen (secondary N) is 1. The van der Waals surface area contributed by atoms with Gasteiger partial charge < -0.3 is 5.73 Å². The summed E-state index contributed by atoms with van der Waals surface area (Å²) in [6, 6.07) is 15.8. The summed E-state index contributed by atoms with van der Waals surface area (Å²) in [4.78, 5) is 0. The number of nitrogens with two attached hydrogens (primary N) is 1. The van der Waals surface area contributed by atoms with Crippen LogP contribution in [0.5, 0.6) is 0 Å². The first-order chi connectivity index (χ1) is 9.66. The van der Waals surface area contributed by atoms with Crippen LogP contribution in [-0.2, 0) is 0 Å². The highest BCUT2D eigenvalue weighted by Crippen LogP contribution is 2.38. The van der Waals surface area contributed by atoms with Gasteiger partial charge in [0.2, 0.25) is 0 Å². The monoisotopic (exact) mass is 395 g/mol. The lowest BCUT2D eigenvalue weighted by Gasteiger charge is -2.07. The Morgan fingerprint density at radius 2 is 1.90 bits per heavy atom. The van der Waals surface area contributed by atoms with Gasteiger partial charge in [0.1, 0.15) is 0 Å². The van der Waals surface area contributed by atoms with Gasteiger partial charge >= 0.3 is 0 Å². The topological polar surface area (TPSA) is 54.7 Å². The van der Waals surface area contributed by atoms with Crippen LogP contribution in [0.15, 0.2) is 48.5 Å². The van der Waals surface area contributed by atoms with Crippen molar-refractivity contribution in [2.24, 2.45) is 0 Å². The average molecular weight is 396 g/mol. The molecule has 3 N–H and O–H groups in total. The van der Waals surface area contributed by atoms with E-state index in [1.54, 1.807) is 0 Å². The highest BCUT2D eigenvalue weighted by molar-refractivity contribution is 14.1. The number of aromatic nitrogens is 2. The number of halogens is 2. The van der Waals surface area contributed by atoms with Crippen molar-refractivity contribution in [1.29, 1.82) is 0 Å². The molecule has 0 aliphatic carbocycles. The van der Waals surface area contributed by atoms with Crippen LogP contribution < -0.4 is 5.73 Å². The Balaban J connectivity index is 2.23. The number of nitrogens with zero attached hydrogens (tertiary/aromatic N) is 1. The van der Waals surface area contributed by atoms with E-state index in [4.69, 9.17) is 17.3 Å². The van der Waals surface area contributed by atoms with Gasteiger partial charge in [0.25, 0.3) is 0 Å². The van der Waals surface area contributed by atoms with E-state index in [-0.39, 0.29) is 0 Å². The molecule has 0 bridgehead atoms. The first-order valence-electron chi connectivity index (χ1n) is 6.01. The zero-order valence-electron chi connectivity index (χ0n) is 10.4. The quantitative estimate of drug-likeness (QED) is 0.624. The van der Waals surface area contributed by atoms with Gasteiger partial charge in [-0.3, -0.25) is 5.10 Å². The highest BCUT2D eigenvalue weighted by Gasteiger charge is 2.16. The normalized spacial score (nSPS) is 10.7. The smallest absolute Gasteiger partial charge is 0.153 e. The molecular weight excluding hydrogens is 385 g/mol. The fraction of sp³-hybridized carbons (Fsp3) is 0. The molecule has 3 rings (SSSR count). The summed E-state index contributed by atoms with van der Waals surface area (Å²) < 4.78 is 1.15. The minimum atomic E-state index is 0.451. The predicted molar refractivity (Wildman–Crippen MR) is 91.6 cm³/mol. The second-order valence-corrected chi connectivity index (χ2v) is 6.00. The Morgan fingerprint density at radius 3 is 2.65 bits per heavy atom. The summed E-state index contributed by atoms with van der Waals surface area (Å²) in [6.07, 6.45) is 0. The van der Waals surface area contributed by atoms with Gasteiger partial charge in [-0.25, -0.2) is 0 Å². The van der Waals surface area contributed by atoms with Crippen LogP contribution in [0.1, 0.15) is 0 Å². The molecule has 0 saturated heterocycles. The van der Waals surface area contributed by atoms with E-state index in [1.807, 2.05) is 42.5 Å². The highest BCUT2D eigenvalue weighted by atomic mass is 127. The zero-order valence-corrected chi connectivity index (χ0v) is 13.3. The molecule has 0 amide bonds. The number of hydrogen-bond donors (Lipinski definition) is 2. The number of nitrogen functional groups attached to an aromatic ring is 1. The van der Waals surface area contributed by atoms with E-state index in [2.05, 4.69) is 38.9 Å². The molecule has 0 aliphatic heterocycles. The second kappa shape index (κ2) is 5.46. The van der Waals surface area contributed by atoms with Crippen molar-refractivity contribution in [3.8, 4) is 22.4 Å². The third-order valence-electron chi connectivity index (χ3n) is 3.05. The maximum Gasteiger partial charge on any atom is 0.153 e. The van der Waals surface area contributed by atoms with E-state index in [1.165, 1.54) is 0 Å². The molecule has 3 nitrogen and oxygen atoms in total. The van der Waals surface area contributed by atoms with Crippen LogP contribution in [-0.4, -0.2) is 10.2 Å². The third kappa shape index (κ3) is 2.41. The Labute approximate surface area is 135 Å². The minimum Gasteiger partial charge on any atom is -0.382 e. The van der Waals surface area contributed by atoms with E-state index >= 15 is 0 Å². The molecule has 2 aromatic carbocycles. The molecule has 20 heavy (non-hydrogen) atoms. The van der Waals surface area contributed by atoms with Crippen molar-refractivity contribution in [3.05, 3.63) is 57.1 Å². The second-order valence-electron chi connectivity index (χ2n) is 4.35. The fourth-order valence-electron chi connectivity index (χ4n) is 2.15. The van der Waals surface area contributed by atoms with Crippen LogP contribution in [0, 0.1) is 3.57 Å². The number of benzene rings is 2. The summed E-state index contributed by atoms with van der Waals surface area (Å²) in [5.41, 5.74) is 9.66. The number of anilines is 1. The lowest BCUT2D eigenvalue weighted by atomic mass is 10.0. The van der Waals surface area contributed by atoms with Crippen molar-refractivity contribution >= 4 is 40.0 Å². The van der Waals surface area contributed by atoms with Crippen LogP contribution >= 0.6 is 34.2 Å². The molecule has 1 aromatic heterocycles. The van der Waals surface area contributed by atoms with Crippen molar-refractivity contribution in [1.82, 2.24) is 10.2 Å². The summed E-state index contributed by atoms with van der Waals surface area (Å²) in [5, 5.41) is 7.80. The summed E-state index contributed by atoms with van der Waals surface area (Å²) >= 11 is 8.56. The van der Waals surface area contributed by atoms with E-state index < -0.39 is 0 Å².